The molecule has 0 fully saturated rings. The molecule has 1 aromatic heterocycles. The molecule has 0 aliphatic carbocycles. The van der Waals surface area contributed by atoms with Gasteiger partial charge in [-0.05, 0) is 12.1 Å². The van der Waals surface area contributed by atoms with Crippen molar-refractivity contribution in [3.05, 3.63) is 36.1 Å². The Morgan fingerprint density at radius 2 is 1.90 bits per heavy atom. The van der Waals surface area contributed by atoms with Crippen LogP contribution in [0.1, 0.15) is 5.76 Å². The highest BCUT2D eigenvalue weighted by Gasteiger charge is 2.14. The number of alkyl halides is 2. The summed E-state index contributed by atoms with van der Waals surface area (Å²) in [6.07, 6.45) is -0.438. The van der Waals surface area contributed by atoms with E-state index in [1.54, 1.807) is 0 Å². The zero-order chi connectivity index (χ0) is 14.4. The molecule has 2 rings (SSSR count). The maximum Gasteiger partial charge on any atom is 0.410 e. The van der Waals surface area contributed by atoms with Crippen molar-refractivity contribution in [1.29, 1.82) is 0 Å². The summed E-state index contributed by atoms with van der Waals surface area (Å²) in [4.78, 5) is 13.3. The van der Waals surface area contributed by atoms with Crippen molar-refractivity contribution in [3.63, 3.8) is 0 Å². The molecule has 0 atom stereocenters. The van der Waals surface area contributed by atoms with Crippen LogP contribution in [0.15, 0.2) is 34.7 Å². The summed E-state index contributed by atoms with van der Waals surface area (Å²) in [5, 5.41) is 0.983. The van der Waals surface area contributed by atoms with E-state index < -0.39 is 6.09 Å². The molecule has 0 saturated carbocycles. The molecule has 0 spiro atoms. The summed E-state index contributed by atoms with van der Waals surface area (Å²) < 4.78 is 10.8. The molecule has 1 heterocycles. The number of fused-ring (bicyclic) bond motifs is 1. The van der Waals surface area contributed by atoms with Crippen molar-refractivity contribution in [1.82, 2.24) is 4.90 Å². The fourth-order valence-corrected chi connectivity index (χ4v) is 2.24. The number of rotatable bonds is 6. The fraction of sp³-hybridized carbons (Fsp3) is 0.357. The SMILES string of the molecule is O=C(OCc1cc2ccccc2o1)N(CCCl)CCCl. The molecule has 2 aromatic rings. The van der Waals surface area contributed by atoms with Crippen molar-refractivity contribution in [2.24, 2.45) is 0 Å². The van der Waals surface area contributed by atoms with Gasteiger partial charge in [-0.1, -0.05) is 18.2 Å². The molecule has 0 saturated heterocycles. The average Bonchev–Trinajstić information content (AvgIpc) is 2.87. The molecule has 4 nitrogen and oxygen atoms in total. The number of hydrogen-bond acceptors (Lipinski definition) is 3. The van der Waals surface area contributed by atoms with Crippen LogP contribution in [-0.2, 0) is 11.3 Å². The van der Waals surface area contributed by atoms with Gasteiger partial charge in [0.05, 0.1) is 0 Å². The van der Waals surface area contributed by atoms with E-state index in [1.165, 1.54) is 4.90 Å². The second kappa shape index (κ2) is 7.41. The van der Waals surface area contributed by atoms with Gasteiger partial charge < -0.3 is 14.1 Å². The first-order chi connectivity index (χ1) is 9.74. The Kier molecular flexibility index (Phi) is 5.56. The molecule has 0 N–H and O–H groups in total. The summed E-state index contributed by atoms with van der Waals surface area (Å²) in [5.41, 5.74) is 0.775. The van der Waals surface area contributed by atoms with Crippen LogP contribution in [0.5, 0.6) is 0 Å². The highest BCUT2D eigenvalue weighted by Crippen LogP contribution is 2.19. The number of halogens is 2. The maximum absolute atomic E-state index is 11.9. The van der Waals surface area contributed by atoms with Crippen molar-refractivity contribution < 1.29 is 13.9 Å². The molecule has 1 aromatic carbocycles. The van der Waals surface area contributed by atoms with Crippen LogP contribution in [0, 0.1) is 0 Å². The van der Waals surface area contributed by atoms with Crippen LogP contribution in [-0.4, -0.2) is 35.8 Å². The molecule has 6 heteroatoms. The minimum Gasteiger partial charge on any atom is -0.457 e. The molecule has 20 heavy (non-hydrogen) atoms. The lowest BCUT2D eigenvalue weighted by molar-refractivity contribution is 0.0944. The first-order valence-electron chi connectivity index (χ1n) is 6.25. The number of para-hydroxylation sites is 1. The van der Waals surface area contributed by atoms with E-state index in [1.807, 2.05) is 30.3 Å². The van der Waals surface area contributed by atoms with E-state index in [2.05, 4.69) is 0 Å². The molecule has 1 amide bonds. The second-order valence-electron chi connectivity index (χ2n) is 4.17. The number of furan rings is 1. The van der Waals surface area contributed by atoms with Gasteiger partial charge in [0.2, 0.25) is 0 Å². The van der Waals surface area contributed by atoms with Crippen LogP contribution >= 0.6 is 23.2 Å². The number of amides is 1. The van der Waals surface area contributed by atoms with Crippen LogP contribution in [0.2, 0.25) is 0 Å². The van der Waals surface area contributed by atoms with Gasteiger partial charge in [0.25, 0.3) is 0 Å². The summed E-state index contributed by atoms with van der Waals surface area (Å²) in [6.45, 7) is 0.912. The lowest BCUT2D eigenvalue weighted by Gasteiger charge is -2.19. The monoisotopic (exact) mass is 315 g/mol. The number of hydrogen-bond donors (Lipinski definition) is 0. The average molecular weight is 316 g/mol. The van der Waals surface area contributed by atoms with Gasteiger partial charge in [-0.15, -0.1) is 23.2 Å². The minimum absolute atomic E-state index is 0.0918. The highest BCUT2D eigenvalue weighted by atomic mass is 35.5. The minimum atomic E-state index is -0.438. The van der Waals surface area contributed by atoms with Gasteiger partial charge in [-0.3, -0.25) is 0 Å². The lowest BCUT2D eigenvalue weighted by Crippen LogP contribution is -2.34. The Balaban J connectivity index is 1.94. The molecular weight excluding hydrogens is 301 g/mol. The molecule has 0 unspecified atom stereocenters. The van der Waals surface area contributed by atoms with Gasteiger partial charge in [0.15, 0.2) is 6.61 Å². The normalized spacial score (nSPS) is 10.7. The van der Waals surface area contributed by atoms with E-state index >= 15 is 0 Å². The van der Waals surface area contributed by atoms with E-state index in [-0.39, 0.29) is 6.61 Å². The quantitative estimate of drug-likeness (QED) is 0.760. The van der Waals surface area contributed by atoms with Gasteiger partial charge in [0, 0.05) is 30.2 Å². The van der Waals surface area contributed by atoms with Crippen molar-refractivity contribution in [2.45, 2.75) is 6.61 Å². The standard InChI is InChI=1S/C14H15Cl2NO3/c15-5-7-17(8-6-16)14(18)19-10-12-9-11-3-1-2-4-13(11)20-12/h1-4,9H,5-8,10H2. The maximum atomic E-state index is 11.9. The number of ether oxygens (including phenoxy) is 1. The second-order valence-corrected chi connectivity index (χ2v) is 4.93. The van der Waals surface area contributed by atoms with Gasteiger partial charge in [-0.25, -0.2) is 4.79 Å². The Morgan fingerprint density at radius 3 is 2.55 bits per heavy atom. The predicted molar refractivity (Wildman–Crippen MR) is 79.4 cm³/mol. The van der Waals surface area contributed by atoms with Gasteiger partial charge in [-0.2, -0.15) is 0 Å². The summed E-state index contributed by atoms with van der Waals surface area (Å²) in [5.74, 6) is 1.30. The third kappa shape index (κ3) is 3.81. The van der Waals surface area contributed by atoms with E-state index in [0.717, 1.165) is 11.0 Å². The van der Waals surface area contributed by atoms with Gasteiger partial charge >= 0.3 is 6.09 Å². The Bertz CT molecular complexity index is 531. The lowest BCUT2D eigenvalue weighted by atomic mass is 10.2. The largest absolute Gasteiger partial charge is 0.457 e. The fourth-order valence-electron chi connectivity index (χ4n) is 1.83. The first-order valence-corrected chi connectivity index (χ1v) is 7.32. The molecule has 0 aliphatic heterocycles. The van der Waals surface area contributed by atoms with Crippen LogP contribution in [0.4, 0.5) is 4.79 Å². The topological polar surface area (TPSA) is 42.7 Å². The number of nitrogens with zero attached hydrogens (tertiary/aromatic N) is 1. The van der Waals surface area contributed by atoms with E-state index in [0.29, 0.717) is 30.6 Å². The van der Waals surface area contributed by atoms with E-state index in [4.69, 9.17) is 32.4 Å². The molecule has 0 bridgehead atoms. The van der Waals surface area contributed by atoms with Crippen molar-refractivity contribution in [2.75, 3.05) is 24.8 Å². The summed E-state index contributed by atoms with van der Waals surface area (Å²) in [6, 6.07) is 9.49. The molecule has 0 radical (unpaired) electrons. The molecule has 108 valence electrons. The summed E-state index contributed by atoms with van der Waals surface area (Å²) >= 11 is 11.3. The van der Waals surface area contributed by atoms with Crippen LogP contribution in [0.3, 0.4) is 0 Å². The predicted octanol–water partition coefficient (Wildman–Crippen LogP) is 3.85. The number of carbonyl (C=O) groups is 1. The van der Waals surface area contributed by atoms with Crippen molar-refractivity contribution in [3.8, 4) is 0 Å². The zero-order valence-corrected chi connectivity index (χ0v) is 12.4. The highest BCUT2D eigenvalue weighted by molar-refractivity contribution is 6.18. The molecule has 0 aliphatic rings. The van der Waals surface area contributed by atoms with Crippen molar-refractivity contribution >= 4 is 40.3 Å². The number of benzene rings is 1. The number of carbonyl (C=O) groups excluding carboxylic acids is 1. The zero-order valence-electron chi connectivity index (χ0n) is 10.9. The smallest absolute Gasteiger partial charge is 0.410 e. The summed E-state index contributed by atoms with van der Waals surface area (Å²) in [7, 11) is 0. The Hall–Kier alpha value is -1.39. The van der Waals surface area contributed by atoms with Crippen LogP contribution in [0.25, 0.3) is 11.0 Å². The molecular formula is C14H15Cl2NO3. The third-order valence-corrected chi connectivity index (χ3v) is 3.12. The van der Waals surface area contributed by atoms with Crippen LogP contribution < -0.4 is 0 Å². The third-order valence-electron chi connectivity index (χ3n) is 2.78. The first kappa shape index (κ1) is 15.0. The Morgan fingerprint density at radius 1 is 1.20 bits per heavy atom. The Labute approximate surface area is 127 Å². The van der Waals surface area contributed by atoms with Gasteiger partial charge in [0.1, 0.15) is 11.3 Å². The van der Waals surface area contributed by atoms with E-state index in [9.17, 15) is 4.79 Å².